The summed E-state index contributed by atoms with van der Waals surface area (Å²) in [6.07, 6.45) is 0. The molecule has 0 atom stereocenters. The molecule has 4 heteroatoms. The van der Waals surface area contributed by atoms with E-state index in [1.54, 1.807) is 18.2 Å². The highest BCUT2D eigenvalue weighted by molar-refractivity contribution is 9.10. The number of nitrogen functional groups attached to an aromatic ring is 1. The van der Waals surface area contributed by atoms with Crippen LogP contribution in [0.4, 0.5) is 5.69 Å². The monoisotopic (exact) mass is 333 g/mol. The van der Waals surface area contributed by atoms with Crippen molar-refractivity contribution in [3.05, 3.63) is 63.1 Å². The molecule has 0 fully saturated rings. The van der Waals surface area contributed by atoms with E-state index in [-0.39, 0.29) is 12.6 Å². The lowest BCUT2D eigenvalue weighted by Crippen LogP contribution is -2.08. The van der Waals surface area contributed by atoms with Gasteiger partial charge >= 0.3 is 5.97 Å². The van der Waals surface area contributed by atoms with Gasteiger partial charge in [-0.2, -0.15) is 0 Å². The smallest absolute Gasteiger partial charge is 0.339 e. The summed E-state index contributed by atoms with van der Waals surface area (Å²) < 4.78 is 5.96. The zero-order valence-corrected chi connectivity index (χ0v) is 13.0. The molecule has 0 bridgehead atoms. The normalized spacial score (nSPS) is 10.3. The lowest BCUT2D eigenvalue weighted by molar-refractivity contribution is 0.0470. The van der Waals surface area contributed by atoms with Crippen LogP contribution >= 0.6 is 15.9 Å². The van der Waals surface area contributed by atoms with Gasteiger partial charge in [0.15, 0.2) is 0 Å². The molecular weight excluding hydrogens is 318 g/mol. The predicted octanol–water partition coefficient (Wildman–Crippen LogP) is 4.01. The SMILES string of the molecule is Cc1cccc(C)c1COC(=O)c1cccc(N)c1Br. The van der Waals surface area contributed by atoms with E-state index in [4.69, 9.17) is 10.5 Å². The first kappa shape index (κ1) is 14.6. The second-order valence-corrected chi connectivity index (χ2v) is 5.45. The van der Waals surface area contributed by atoms with Crippen LogP contribution in [0.1, 0.15) is 27.0 Å². The zero-order valence-electron chi connectivity index (χ0n) is 11.4. The van der Waals surface area contributed by atoms with E-state index in [0.717, 1.165) is 16.7 Å². The minimum absolute atomic E-state index is 0.262. The molecule has 0 saturated heterocycles. The van der Waals surface area contributed by atoms with Crippen LogP contribution in [-0.4, -0.2) is 5.97 Å². The van der Waals surface area contributed by atoms with Gasteiger partial charge in [0.1, 0.15) is 6.61 Å². The van der Waals surface area contributed by atoms with Gasteiger partial charge < -0.3 is 10.5 Å². The van der Waals surface area contributed by atoms with Crippen LogP contribution in [0.15, 0.2) is 40.9 Å². The number of hydrogen-bond acceptors (Lipinski definition) is 3. The molecule has 0 heterocycles. The first-order valence-corrected chi connectivity index (χ1v) is 7.06. The van der Waals surface area contributed by atoms with Crippen LogP contribution in [0.5, 0.6) is 0 Å². The summed E-state index contributed by atoms with van der Waals surface area (Å²) in [6.45, 7) is 4.28. The van der Waals surface area contributed by atoms with Crippen LogP contribution in [0.25, 0.3) is 0 Å². The van der Waals surface area contributed by atoms with Gasteiger partial charge in [-0.25, -0.2) is 4.79 Å². The molecule has 0 radical (unpaired) electrons. The van der Waals surface area contributed by atoms with E-state index in [2.05, 4.69) is 15.9 Å². The van der Waals surface area contributed by atoms with Crippen LogP contribution in [0, 0.1) is 13.8 Å². The molecule has 2 rings (SSSR count). The average Bonchev–Trinajstić information content (AvgIpc) is 2.41. The van der Waals surface area contributed by atoms with Crippen molar-refractivity contribution in [1.82, 2.24) is 0 Å². The summed E-state index contributed by atoms with van der Waals surface area (Å²) >= 11 is 3.31. The van der Waals surface area contributed by atoms with Crippen molar-refractivity contribution < 1.29 is 9.53 Å². The highest BCUT2D eigenvalue weighted by Gasteiger charge is 2.14. The van der Waals surface area contributed by atoms with E-state index in [1.165, 1.54) is 0 Å². The third-order valence-corrected chi connectivity index (χ3v) is 4.13. The van der Waals surface area contributed by atoms with Crippen molar-refractivity contribution in [2.45, 2.75) is 20.5 Å². The molecule has 3 nitrogen and oxygen atoms in total. The van der Waals surface area contributed by atoms with Gasteiger partial charge in [0.25, 0.3) is 0 Å². The number of rotatable bonds is 3. The number of esters is 1. The van der Waals surface area contributed by atoms with Gasteiger partial charge in [-0.1, -0.05) is 24.3 Å². The maximum atomic E-state index is 12.1. The van der Waals surface area contributed by atoms with Crippen molar-refractivity contribution in [2.75, 3.05) is 5.73 Å². The van der Waals surface area contributed by atoms with Crippen LogP contribution in [0.3, 0.4) is 0 Å². The standard InChI is InChI=1S/C16H16BrNO2/c1-10-5-3-6-11(2)13(10)9-20-16(19)12-7-4-8-14(18)15(12)17/h3-8H,9,18H2,1-2H3. The number of aryl methyl sites for hydroxylation is 2. The lowest BCUT2D eigenvalue weighted by atomic mass is 10.0. The summed E-state index contributed by atoms with van der Waals surface area (Å²) in [5.74, 6) is -0.383. The number of hydrogen-bond donors (Lipinski definition) is 1. The molecule has 0 aromatic heterocycles. The van der Waals surface area contributed by atoms with Gasteiger partial charge in [0, 0.05) is 5.69 Å². The summed E-state index contributed by atoms with van der Waals surface area (Å²) in [7, 11) is 0. The van der Waals surface area contributed by atoms with E-state index < -0.39 is 0 Å². The van der Waals surface area contributed by atoms with E-state index in [1.807, 2.05) is 32.0 Å². The minimum Gasteiger partial charge on any atom is -0.457 e. The third-order valence-electron chi connectivity index (χ3n) is 3.24. The minimum atomic E-state index is -0.383. The highest BCUT2D eigenvalue weighted by Crippen LogP contribution is 2.25. The fourth-order valence-electron chi connectivity index (χ4n) is 2.00. The summed E-state index contributed by atoms with van der Waals surface area (Å²) in [5, 5.41) is 0. The molecule has 0 saturated carbocycles. The zero-order chi connectivity index (χ0) is 14.7. The number of benzene rings is 2. The Morgan fingerprint density at radius 1 is 1.15 bits per heavy atom. The first-order chi connectivity index (χ1) is 9.50. The number of anilines is 1. The molecular formula is C16H16BrNO2. The second-order valence-electron chi connectivity index (χ2n) is 4.66. The summed E-state index contributed by atoms with van der Waals surface area (Å²) in [5.41, 5.74) is 9.99. The summed E-state index contributed by atoms with van der Waals surface area (Å²) in [4.78, 5) is 12.1. The average molecular weight is 334 g/mol. The molecule has 0 spiro atoms. The Morgan fingerprint density at radius 2 is 1.75 bits per heavy atom. The van der Waals surface area contributed by atoms with Gasteiger partial charge in [-0.05, 0) is 58.6 Å². The molecule has 104 valence electrons. The second kappa shape index (κ2) is 6.09. The topological polar surface area (TPSA) is 52.3 Å². The van der Waals surface area contributed by atoms with Gasteiger partial charge in [-0.15, -0.1) is 0 Å². The fraction of sp³-hybridized carbons (Fsp3) is 0.188. The van der Waals surface area contributed by atoms with E-state index in [0.29, 0.717) is 15.7 Å². The number of carbonyl (C=O) groups is 1. The number of carbonyl (C=O) groups excluding carboxylic acids is 1. The highest BCUT2D eigenvalue weighted by atomic mass is 79.9. The first-order valence-electron chi connectivity index (χ1n) is 6.27. The molecule has 2 N–H and O–H groups in total. The molecule has 0 aliphatic rings. The molecule has 0 aliphatic carbocycles. The van der Waals surface area contributed by atoms with Crippen molar-refractivity contribution in [1.29, 1.82) is 0 Å². The van der Waals surface area contributed by atoms with Crippen molar-refractivity contribution in [2.24, 2.45) is 0 Å². The van der Waals surface area contributed by atoms with Crippen molar-refractivity contribution >= 4 is 27.6 Å². The Morgan fingerprint density at radius 3 is 2.40 bits per heavy atom. The third kappa shape index (κ3) is 3.02. The molecule has 2 aromatic carbocycles. The predicted molar refractivity (Wildman–Crippen MR) is 83.6 cm³/mol. The van der Waals surface area contributed by atoms with Crippen molar-refractivity contribution in [3.8, 4) is 0 Å². The van der Waals surface area contributed by atoms with Gasteiger partial charge in [0.05, 0.1) is 10.0 Å². The number of halogens is 1. The number of nitrogens with two attached hydrogens (primary N) is 1. The molecule has 2 aromatic rings. The largest absolute Gasteiger partial charge is 0.457 e. The Hall–Kier alpha value is -1.81. The quantitative estimate of drug-likeness (QED) is 0.682. The Kier molecular flexibility index (Phi) is 4.45. The summed E-state index contributed by atoms with van der Waals surface area (Å²) in [6, 6.07) is 11.2. The molecule has 20 heavy (non-hydrogen) atoms. The number of ether oxygens (including phenoxy) is 1. The molecule has 0 unspecified atom stereocenters. The lowest BCUT2D eigenvalue weighted by Gasteiger charge is -2.11. The Bertz CT molecular complexity index is 633. The maximum absolute atomic E-state index is 12.1. The molecule has 0 aliphatic heterocycles. The van der Waals surface area contributed by atoms with Crippen LogP contribution in [-0.2, 0) is 11.3 Å². The van der Waals surface area contributed by atoms with E-state index in [9.17, 15) is 4.79 Å². The molecule has 0 amide bonds. The van der Waals surface area contributed by atoms with Gasteiger partial charge in [0.2, 0.25) is 0 Å². The maximum Gasteiger partial charge on any atom is 0.339 e. The van der Waals surface area contributed by atoms with Crippen LogP contribution in [0.2, 0.25) is 0 Å². The fourth-order valence-corrected chi connectivity index (χ4v) is 2.43. The Labute approximate surface area is 126 Å². The van der Waals surface area contributed by atoms with E-state index >= 15 is 0 Å². The van der Waals surface area contributed by atoms with Gasteiger partial charge in [-0.3, -0.25) is 0 Å². The van der Waals surface area contributed by atoms with Crippen molar-refractivity contribution in [3.63, 3.8) is 0 Å². The van der Waals surface area contributed by atoms with Crippen LogP contribution < -0.4 is 5.73 Å². The Balaban J connectivity index is 2.15.